The lowest BCUT2D eigenvalue weighted by Crippen LogP contribution is -2.35. The Morgan fingerprint density at radius 3 is 2.15 bits per heavy atom. The summed E-state index contributed by atoms with van der Waals surface area (Å²) >= 11 is 0. The molecule has 1 nitrogen and oxygen atoms in total. The van der Waals surface area contributed by atoms with Gasteiger partial charge in [-0.2, -0.15) is 0 Å². The summed E-state index contributed by atoms with van der Waals surface area (Å²) in [6.45, 7) is 4.67. The summed E-state index contributed by atoms with van der Waals surface area (Å²) in [6, 6.07) is 40.6. The number of rotatable bonds is 2. The Hall–Kier alpha value is -4.95. The molecule has 0 radical (unpaired) electrons. The summed E-state index contributed by atoms with van der Waals surface area (Å²) in [5.74, 6) is 0.769. The Kier molecular flexibility index (Phi) is 5.39. The van der Waals surface area contributed by atoms with Crippen LogP contribution in [0.1, 0.15) is 78.5 Å². The lowest BCUT2D eigenvalue weighted by molar-refractivity contribution is 0.163. The van der Waals surface area contributed by atoms with Gasteiger partial charge in [0.15, 0.2) is 5.60 Å². The molecule has 0 amide bonds. The van der Waals surface area contributed by atoms with E-state index in [1.807, 2.05) is 12.1 Å². The molecule has 1 aliphatic heterocycles. The van der Waals surface area contributed by atoms with Crippen LogP contribution in [0, 0.1) is 5.82 Å². The summed E-state index contributed by atoms with van der Waals surface area (Å²) < 4.78 is 22.5. The van der Waals surface area contributed by atoms with Gasteiger partial charge in [0, 0.05) is 32.9 Å². The van der Waals surface area contributed by atoms with Crippen LogP contribution in [0.3, 0.4) is 0 Å². The summed E-state index contributed by atoms with van der Waals surface area (Å²) in [7, 11) is 0. The van der Waals surface area contributed by atoms with Gasteiger partial charge in [0.2, 0.25) is 0 Å². The Balaban J connectivity index is 1.25. The molecule has 0 N–H and O–H groups in total. The highest BCUT2D eigenvalue weighted by Gasteiger charge is 2.50. The molecule has 0 saturated heterocycles. The van der Waals surface area contributed by atoms with E-state index in [1.165, 1.54) is 44.3 Å². The van der Waals surface area contributed by atoms with E-state index in [0.717, 1.165) is 59.1 Å². The second kappa shape index (κ2) is 9.32. The van der Waals surface area contributed by atoms with E-state index in [9.17, 15) is 4.39 Å². The first-order valence-corrected chi connectivity index (χ1v) is 17.0. The highest BCUT2D eigenvalue weighted by Crippen LogP contribution is 2.63. The lowest BCUT2D eigenvalue weighted by Gasteiger charge is -2.39. The van der Waals surface area contributed by atoms with Crippen LogP contribution in [0.2, 0.25) is 0 Å². The molecule has 228 valence electrons. The zero-order chi connectivity index (χ0) is 31.5. The molecule has 1 fully saturated rings. The van der Waals surface area contributed by atoms with E-state index in [2.05, 4.69) is 123 Å². The van der Waals surface area contributed by atoms with Gasteiger partial charge >= 0.3 is 0 Å². The molecular weight excluding hydrogens is 575 g/mol. The van der Waals surface area contributed by atoms with Crippen molar-refractivity contribution in [2.75, 3.05) is 0 Å². The van der Waals surface area contributed by atoms with Gasteiger partial charge in [0.25, 0.3) is 0 Å². The minimum atomic E-state index is -0.828. The Morgan fingerprint density at radius 1 is 0.617 bits per heavy atom. The molecule has 0 aromatic heterocycles. The maximum atomic E-state index is 14.9. The third kappa shape index (κ3) is 3.43. The third-order valence-corrected chi connectivity index (χ3v) is 11.9. The first kappa shape index (κ1) is 27.2. The number of halogens is 1. The number of fused-ring (bicyclic) bond motifs is 13. The first-order valence-electron chi connectivity index (χ1n) is 17.0. The molecule has 1 heterocycles. The number of hydrogen-bond donors (Lipinski definition) is 0. The number of benzene rings is 6. The van der Waals surface area contributed by atoms with Crippen molar-refractivity contribution in [3.63, 3.8) is 0 Å². The minimum absolute atomic E-state index is 0.125. The molecule has 47 heavy (non-hydrogen) atoms. The maximum Gasteiger partial charge on any atom is 0.178 e. The molecule has 10 rings (SSSR count). The molecule has 1 spiro atoms. The predicted octanol–water partition coefficient (Wildman–Crippen LogP) is 11.5. The monoisotopic (exact) mass is 610 g/mol. The number of hydrogen-bond acceptors (Lipinski definition) is 1. The van der Waals surface area contributed by atoms with Crippen LogP contribution in [-0.2, 0) is 16.4 Å². The molecule has 1 unspecified atom stereocenters. The van der Waals surface area contributed by atoms with Gasteiger partial charge in [0.1, 0.15) is 11.6 Å². The summed E-state index contributed by atoms with van der Waals surface area (Å²) in [5.41, 5.74) is 12.4. The van der Waals surface area contributed by atoms with Gasteiger partial charge in [-0.05, 0) is 87.0 Å². The fourth-order valence-corrected chi connectivity index (χ4v) is 9.73. The van der Waals surface area contributed by atoms with Crippen molar-refractivity contribution in [1.29, 1.82) is 0 Å². The van der Waals surface area contributed by atoms with Crippen LogP contribution in [0.15, 0.2) is 121 Å². The van der Waals surface area contributed by atoms with Crippen LogP contribution < -0.4 is 4.74 Å². The van der Waals surface area contributed by atoms with Gasteiger partial charge in [-0.15, -0.1) is 0 Å². The minimum Gasteiger partial charge on any atom is -0.472 e. The van der Waals surface area contributed by atoms with E-state index in [4.69, 9.17) is 4.74 Å². The van der Waals surface area contributed by atoms with Crippen LogP contribution in [0.25, 0.3) is 39.1 Å². The van der Waals surface area contributed by atoms with Crippen LogP contribution in [0.4, 0.5) is 4.39 Å². The Morgan fingerprint density at radius 2 is 1.32 bits per heavy atom. The zero-order valence-corrected chi connectivity index (χ0v) is 26.7. The van der Waals surface area contributed by atoms with Crippen molar-refractivity contribution < 1.29 is 9.13 Å². The number of ether oxygens (including phenoxy) is 1. The molecule has 6 aromatic carbocycles. The molecule has 3 aliphatic carbocycles. The van der Waals surface area contributed by atoms with Gasteiger partial charge in [0.05, 0.1) is 0 Å². The van der Waals surface area contributed by atoms with Crippen LogP contribution in [0.5, 0.6) is 5.75 Å². The summed E-state index contributed by atoms with van der Waals surface area (Å²) in [6.07, 6.45) is 8.97. The molecule has 2 heteroatoms. The largest absolute Gasteiger partial charge is 0.472 e. The summed E-state index contributed by atoms with van der Waals surface area (Å²) in [4.78, 5) is 0. The SMILES string of the molecule is CC1(C)c2ccccc2-c2ccc(C3(c4ccccc4)C=Cc4c5c(c6ccccc6c4O3)-c3ccc(F)cc3C53CCCC3)cc21. The quantitative estimate of drug-likeness (QED) is 0.190. The van der Waals surface area contributed by atoms with Crippen molar-refractivity contribution in [3.05, 3.63) is 166 Å². The Bertz CT molecular complexity index is 2320. The van der Waals surface area contributed by atoms with Crippen molar-refractivity contribution in [2.24, 2.45) is 0 Å². The zero-order valence-electron chi connectivity index (χ0n) is 26.7. The normalized spacial score (nSPS) is 20.4. The molecule has 1 atom stereocenters. The van der Waals surface area contributed by atoms with E-state index >= 15 is 0 Å². The van der Waals surface area contributed by atoms with E-state index in [1.54, 1.807) is 6.07 Å². The smallest absolute Gasteiger partial charge is 0.178 e. The summed E-state index contributed by atoms with van der Waals surface area (Å²) in [5, 5.41) is 2.28. The average molecular weight is 611 g/mol. The predicted molar refractivity (Wildman–Crippen MR) is 189 cm³/mol. The van der Waals surface area contributed by atoms with Crippen molar-refractivity contribution in [1.82, 2.24) is 0 Å². The van der Waals surface area contributed by atoms with Crippen LogP contribution >= 0.6 is 0 Å². The van der Waals surface area contributed by atoms with Crippen LogP contribution in [-0.4, -0.2) is 0 Å². The fourth-order valence-electron chi connectivity index (χ4n) is 9.73. The van der Waals surface area contributed by atoms with Crippen molar-refractivity contribution in [3.8, 4) is 28.0 Å². The van der Waals surface area contributed by atoms with Gasteiger partial charge in [-0.1, -0.05) is 130 Å². The molecule has 4 aliphatic rings. The molecule has 0 bridgehead atoms. The van der Waals surface area contributed by atoms with Crippen molar-refractivity contribution in [2.45, 2.75) is 56.0 Å². The fraction of sp³-hybridized carbons (Fsp3) is 0.200. The van der Waals surface area contributed by atoms with Gasteiger partial charge < -0.3 is 4.74 Å². The van der Waals surface area contributed by atoms with E-state index in [-0.39, 0.29) is 16.6 Å². The van der Waals surface area contributed by atoms with E-state index < -0.39 is 5.60 Å². The topological polar surface area (TPSA) is 9.23 Å². The first-order chi connectivity index (χ1) is 22.9. The van der Waals surface area contributed by atoms with E-state index in [0.29, 0.717) is 0 Å². The molecule has 1 saturated carbocycles. The standard InChI is InChI=1S/C45H35FO/c1-43(2)37-17-9-8-14-31(37)32-20-18-29(26-38(32)43)45(28-12-4-3-5-13-28)25-22-36-41-40(33-15-6-7-16-34(33)42(36)47-45)35-21-19-30(46)27-39(35)44(41)23-10-11-24-44/h3-9,12-22,25-27H,10-11,23-24H2,1-2H3. The second-order valence-electron chi connectivity index (χ2n) is 14.5. The highest BCUT2D eigenvalue weighted by atomic mass is 19.1. The van der Waals surface area contributed by atoms with Gasteiger partial charge in [-0.25, -0.2) is 4.39 Å². The Labute approximate surface area is 275 Å². The highest BCUT2D eigenvalue weighted by molar-refractivity contribution is 6.08. The molecular formula is C45H35FO. The average Bonchev–Trinajstić information content (AvgIpc) is 3.78. The van der Waals surface area contributed by atoms with Gasteiger partial charge in [-0.3, -0.25) is 0 Å². The van der Waals surface area contributed by atoms with Crippen molar-refractivity contribution >= 4 is 16.8 Å². The molecule has 6 aromatic rings. The maximum absolute atomic E-state index is 14.9. The third-order valence-electron chi connectivity index (χ3n) is 11.9. The lowest BCUT2D eigenvalue weighted by atomic mass is 9.73. The second-order valence-corrected chi connectivity index (χ2v) is 14.5.